The molecule has 0 nitrogen and oxygen atoms in total. The van der Waals surface area contributed by atoms with Crippen molar-refractivity contribution in [2.24, 2.45) is 47.3 Å². The molecule has 16 heavy (non-hydrogen) atoms. The Kier molecular flexibility index (Phi) is 1.61. The highest BCUT2D eigenvalue weighted by atomic mass is 14.7. The molecule has 4 bridgehead atoms. The number of fused-ring (bicyclic) bond motifs is 12. The third kappa shape index (κ3) is 0.875. The standard InChI is InChI=1S/C16H24/c1-2-4-12-11(3-1)13-8-14(12)16-10-6-5-9(7-10)15(13)16/h9-16H,1-8H2. The van der Waals surface area contributed by atoms with E-state index in [1.165, 1.54) is 47.3 Å². The Bertz CT molecular complexity index is 290. The summed E-state index contributed by atoms with van der Waals surface area (Å²) < 4.78 is 0. The van der Waals surface area contributed by atoms with Gasteiger partial charge in [0.1, 0.15) is 0 Å². The lowest BCUT2D eigenvalue weighted by Crippen LogP contribution is -2.39. The molecular weight excluding hydrogens is 192 g/mol. The predicted molar refractivity (Wildman–Crippen MR) is 64.9 cm³/mol. The molecule has 88 valence electrons. The van der Waals surface area contributed by atoms with Gasteiger partial charge in [-0.1, -0.05) is 12.8 Å². The van der Waals surface area contributed by atoms with Crippen molar-refractivity contribution >= 4 is 0 Å². The Morgan fingerprint density at radius 3 is 1.62 bits per heavy atom. The van der Waals surface area contributed by atoms with E-state index in [-0.39, 0.29) is 0 Å². The van der Waals surface area contributed by atoms with Crippen LogP contribution in [0.15, 0.2) is 0 Å². The molecule has 0 amide bonds. The van der Waals surface area contributed by atoms with E-state index in [9.17, 15) is 0 Å². The first kappa shape index (κ1) is 9.00. The van der Waals surface area contributed by atoms with Gasteiger partial charge in [-0.3, -0.25) is 0 Å². The number of rotatable bonds is 0. The van der Waals surface area contributed by atoms with E-state index in [0.29, 0.717) is 0 Å². The maximum absolute atomic E-state index is 1.68. The Labute approximate surface area is 99.2 Å². The lowest BCUT2D eigenvalue weighted by Gasteiger charge is -2.45. The van der Waals surface area contributed by atoms with Crippen molar-refractivity contribution in [3.05, 3.63) is 0 Å². The summed E-state index contributed by atoms with van der Waals surface area (Å²) in [6.07, 6.45) is 12.9. The van der Waals surface area contributed by atoms with Gasteiger partial charge in [-0.15, -0.1) is 0 Å². The molecule has 0 aromatic rings. The SMILES string of the molecule is C1CCC2C(C1)C1CC2C2C3CCC(C3)C12. The summed E-state index contributed by atoms with van der Waals surface area (Å²) >= 11 is 0. The number of hydrogen-bond acceptors (Lipinski definition) is 0. The third-order valence-corrected chi connectivity index (χ3v) is 7.55. The van der Waals surface area contributed by atoms with Gasteiger partial charge >= 0.3 is 0 Å². The summed E-state index contributed by atoms with van der Waals surface area (Å²) in [5.74, 6) is 9.73. The van der Waals surface area contributed by atoms with Crippen LogP contribution in [0.3, 0.4) is 0 Å². The van der Waals surface area contributed by atoms with E-state index in [1.54, 1.807) is 51.4 Å². The van der Waals surface area contributed by atoms with Crippen molar-refractivity contribution in [2.45, 2.75) is 51.4 Å². The normalized spacial score (nSPS) is 66.0. The fraction of sp³-hybridized carbons (Fsp3) is 1.00. The molecule has 0 heteroatoms. The van der Waals surface area contributed by atoms with Gasteiger partial charge in [0.05, 0.1) is 0 Å². The van der Waals surface area contributed by atoms with E-state index < -0.39 is 0 Å². The molecule has 8 atom stereocenters. The average molecular weight is 216 g/mol. The minimum absolute atomic E-state index is 1.20. The van der Waals surface area contributed by atoms with Crippen molar-refractivity contribution < 1.29 is 0 Å². The first-order valence-electron chi connectivity index (χ1n) is 7.93. The van der Waals surface area contributed by atoms with E-state index >= 15 is 0 Å². The van der Waals surface area contributed by atoms with Gasteiger partial charge in [-0.2, -0.15) is 0 Å². The van der Waals surface area contributed by atoms with Crippen LogP contribution in [0, 0.1) is 47.3 Å². The van der Waals surface area contributed by atoms with Crippen LogP contribution in [0.25, 0.3) is 0 Å². The number of hydrogen-bond donors (Lipinski definition) is 0. The van der Waals surface area contributed by atoms with Gasteiger partial charge in [0.25, 0.3) is 0 Å². The van der Waals surface area contributed by atoms with Gasteiger partial charge in [0.2, 0.25) is 0 Å². The summed E-state index contributed by atoms with van der Waals surface area (Å²) in [4.78, 5) is 0. The zero-order valence-electron chi connectivity index (χ0n) is 10.3. The molecule has 0 spiro atoms. The van der Waals surface area contributed by atoms with Crippen LogP contribution in [0.2, 0.25) is 0 Å². The van der Waals surface area contributed by atoms with Crippen LogP contribution >= 0.6 is 0 Å². The summed E-state index contributed by atoms with van der Waals surface area (Å²) in [7, 11) is 0. The second kappa shape index (κ2) is 2.87. The summed E-state index contributed by atoms with van der Waals surface area (Å²) in [5.41, 5.74) is 0. The maximum Gasteiger partial charge on any atom is -0.0321 e. The molecule has 0 radical (unpaired) electrons. The van der Waals surface area contributed by atoms with Crippen molar-refractivity contribution in [3.8, 4) is 0 Å². The van der Waals surface area contributed by atoms with E-state index in [1.807, 2.05) is 0 Å². The van der Waals surface area contributed by atoms with Crippen LogP contribution in [-0.4, -0.2) is 0 Å². The molecule has 0 aromatic carbocycles. The molecule has 0 saturated heterocycles. The maximum atomic E-state index is 1.68. The minimum atomic E-state index is 1.20. The molecule has 5 fully saturated rings. The Hall–Kier alpha value is 0. The molecule has 0 aromatic heterocycles. The topological polar surface area (TPSA) is 0 Å². The highest BCUT2D eigenvalue weighted by molar-refractivity contribution is 5.13. The second-order valence-corrected chi connectivity index (χ2v) is 7.66. The van der Waals surface area contributed by atoms with Crippen molar-refractivity contribution in [1.29, 1.82) is 0 Å². The molecule has 5 aliphatic rings. The van der Waals surface area contributed by atoms with Crippen LogP contribution in [0.5, 0.6) is 0 Å². The Morgan fingerprint density at radius 1 is 0.500 bits per heavy atom. The summed E-state index contributed by atoms with van der Waals surface area (Å²) in [5, 5.41) is 0. The fourth-order valence-electron chi connectivity index (χ4n) is 7.45. The van der Waals surface area contributed by atoms with Gasteiger partial charge < -0.3 is 0 Å². The molecule has 0 heterocycles. The summed E-state index contributed by atoms with van der Waals surface area (Å²) in [6.45, 7) is 0. The zero-order chi connectivity index (χ0) is 10.3. The molecule has 5 saturated carbocycles. The average Bonchev–Trinajstić information content (AvgIpc) is 3.07. The van der Waals surface area contributed by atoms with E-state index in [2.05, 4.69) is 0 Å². The van der Waals surface area contributed by atoms with Gasteiger partial charge in [0, 0.05) is 0 Å². The van der Waals surface area contributed by atoms with Crippen LogP contribution in [0.1, 0.15) is 51.4 Å². The van der Waals surface area contributed by atoms with Crippen LogP contribution < -0.4 is 0 Å². The van der Waals surface area contributed by atoms with Crippen molar-refractivity contribution in [1.82, 2.24) is 0 Å². The molecule has 0 N–H and O–H groups in total. The first-order chi connectivity index (χ1) is 7.93. The lowest BCUT2D eigenvalue weighted by atomic mass is 9.60. The monoisotopic (exact) mass is 216 g/mol. The van der Waals surface area contributed by atoms with Crippen molar-refractivity contribution in [2.75, 3.05) is 0 Å². The third-order valence-electron chi connectivity index (χ3n) is 7.55. The minimum Gasteiger partial charge on any atom is -0.0530 e. The zero-order valence-corrected chi connectivity index (χ0v) is 10.3. The molecule has 8 unspecified atom stereocenters. The fourth-order valence-corrected chi connectivity index (χ4v) is 7.45. The summed E-state index contributed by atoms with van der Waals surface area (Å²) in [6, 6.07) is 0. The highest BCUT2D eigenvalue weighted by Gasteiger charge is 2.65. The van der Waals surface area contributed by atoms with Crippen LogP contribution in [0.4, 0.5) is 0 Å². The molecular formula is C16H24. The van der Waals surface area contributed by atoms with Gasteiger partial charge in [-0.25, -0.2) is 0 Å². The van der Waals surface area contributed by atoms with Gasteiger partial charge in [0.15, 0.2) is 0 Å². The Balaban J connectivity index is 1.54. The van der Waals surface area contributed by atoms with Crippen molar-refractivity contribution in [3.63, 3.8) is 0 Å². The van der Waals surface area contributed by atoms with E-state index in [4.69, 9.17) is 0 Å². The Morgan fingerprint density at radius 2 is 1.06 bits per heavy atom. The first-order valence-corrected chi connectivity index (χ1v) is 7.93. The second-order valence-electron chi connectivity index (χ2n) is 7.66. The quantitative estimate of drug-likeness (QED) is 0.535. The molecule has 5 rings (SSSR count). The van der Waals surface area contributed by atoms with Gasteiger partial charge in [-0.05, 0) is 85.9 Å². The lowest BCUT2D eigenvalue weighted by molar-refractivity contribution is 0.0324. The smallest absolute Gasteiger partial charge is 0.0321 e. The predicted octanol–water partition coefficient (Wildman–Crippen LogP) is 4.10. The van der Waals surface area contributed by atoms with Crippen LogP contribution in [-0.2, 0) is 0 Å². The largest absolute Gasteiger partial charge is 0.0530 e. The highest BCUT2D eigenvalue weighted by Crippen LogP contribution is 2.72. The van der Waals surface area contributed by atoms with E-state index in [0.717, 1.165) is 0 Å². The molecule has 5 aliphatic carbocycles. The molecule has 0 aliphatic heterocycles.